The van der Waals surface area contributed by atoms with E-state index in [0.717, 1.165) is 117 Å². The highest BCUT2D eigenvalue weighted by molar-refractivity contribution is 5.93. The highest BCUT2D eigenvalue weighted by Gasteiger charge is 2.42. The molecular weight excluding hydrogens is 991 g/mol. The molecule has 3 aliphatic rings. The minimum atomic E-state index is -0.697. The van der Waals surface area contributed by atoms with Gasteiger partial charge in [-0.3, -0.25) is 0 Å². The van der Waals surface area contributed by atoms with Gasteiger partial charge in [0.1, 0.15) is 0 Å². The summed E-state index contributed by atoms with van der Waals surface area (Å²) >= 11 is 0. The van der Waals surface area contributed by atoms with Crippen molar-refractivity contribution < 1.29 is 0 Å². The van der Waals surface area contributed by atoms with Gasteiger partial charge in [-0.1, -0.05) is 200 Å². The fourth-order valence-corrected chi connectivity index (χ4v) is 12.5. The van der Waals surface area contributed by atoms with E-state index in [0.29, 0.717) is 17.5 Å². The first kappa shape index (κ1) is 46.3. The molecule has 3 aliphatic heterocycles. The first-order valence-electron chi connectivity index (χ1n) is 27.5. The summed E-state index contributed by atoms with van der Waals surface area (Å²) < 4.78 is 0. The van der Waals surface area contributed by atoms with Crippen molar-refractivity contribution in [3.63, 3.8) is 0 Å². The lowest BCUT2D eigenvalue weighted by molar-refractivity contribution is 0.705. The summed E-state index contributed by atoms with van der Waals surface area (Å²) in [7, 11) is 0. The van der Waals surface area contributed by atoms with E-state index in [2.05, 4.69) is 305 Å². The maximum Gasteiger partial charge on any atom is 0.164 e. The zero-order chi connectivity index (χ0) is 53.5. The number of hydrogen-bond donors (Lipinski definition) is 6. The van der Waals surface area contributed by atoms with Crippen LogP contribution >= 0.6 is 0 Å². The van der Waals surface area contributed by atoms with Crippen molar-refractivity contribution in [3.8, 4) is 34.2 Å². The topological polar surface area (TPSA) is 111 Å². The van der Waals surface area contributed by atoms with E-state index in [1.807, 2.05) is 0 Å². The van der Waals surface area contributed by atoms with Crippen molar-refractivity contribution in [3.05, 3.63) is 306 Å². The second kappa shape index (κ2) is 18.2. The van der Waals surface area contributed by atoms with Crippen molar-refractivity contribution >= 4 is 66.4 Å². The average Bonchev–Trinajstić information content (AvgIpc) is 4.45. The Balaban J connectivity index is 0.845. The van der Waals surface area contributed by atoms with Crippen LogP contribution in [0.3, 0.4) is 0 Å². The molecule has 0 unspecified atom stereocenters. The molecule has 1 aromatic heterocycles. The number of rotatable bonds is 9. The van der Waals surface area contributed by atoms with Crippen LogP contribution in [-0.2, 0) is 17.0 Å². The van der Waals surface area contributed by atoms with Crippen molar-refractivity contribution in [2.45, 2.75) is 17.0 Å². The van der Waals surface area contributed by atoms with E-state index in [4.69, 9.17) is 15.0 Å². The van der Waals surface area contributed by atoms with Gasteiger partial charge in [0.25, 0.3) is 0 Å². The Morgan fingerprint density at radius 1 is 0.198 bits per heavy atom. The van der Waals surface area contributed by atoms with Crippen molar-refractivity contribution in [1.29, 1.82) is 0 Å². The number of anilines is 6. The van der Waals surface area contributed by atoms with E-state index in [1.54, 1.807) is 0 Å². The molecule has 0 atom stereocenters. The van der Waals surface area contributed by atoms with Crippen molar-refractivity contribution in [1.82, 2.24) is 15.0 Å². The molecule has 4 heterocycles. The maximum atomic E-state index is 5.39. The molecule has 0 amide bonds. The van der Waals surface area contributed by atoms with Gasteiger partial charge in [-0.05, 0) is 105 Å². The normalized spacial score (nSPS) is 14.8. The quantitative estimate of drug-likeness (QED) is 0.0842. The molecule has 0 bridgehead atoms. The van der Waals surface area contributed by atoms with E-state index in [-0.39, 0.29) is 0 Å². The molecule has 13 aromatic rings. The molecule has 16 rings (SSSR count). The Morgan fingerprint density at radius 2 is 0.432 bits per heavy atom. The number of hydrogen-bond acceptors (Lipinski definition) is 9. The van der Waals surface area contributed by atoms with E-state index >= 15 is 0 Å². The van der Waals surface area contributed by atoms with Crippen LogP contribution in [0.15, 0.2) is 273 Å². The van der Waals surface area contributed by atoms with Gasteiger partial charge in [0.2, 0.25) is 0 Å². The fourth-order valence-electron chi connectivity index (χ4n) is 12.5. The Labute approximate surface area is 468 Å². The van der Waals surface area contributed by atoms with Crippen LogP contribution < -0.4 is 31.9 Å². The number of nitrogens with zero attached hydrogens (tertiary/aromatic N) is 3. The highest BCUT2D eigenvalue weighted by atomic mass is 15.3. The third-order valence-electron chi connectivity index (χ3n) is 16.6. The molecule has 81 heavy (non-hydrogen) atoms. The van der Waals surface area contributed by atoms with Crippen LogP contribution in [-0.4, -0.2) is 15.0 Å². The number of para-hydroxylation sites is 6. The number of aromatic nitrogens is 3. The second-order valence-corrected chi connectivity index (χ2v) is 21.4. The van der Waals surface area contributed by atoms with Gasteiger partial charge in [0.05, 0.1) is 34.1 Å². The molecule has 0 spiro atoms. The SMILES string of the molecule is c1ccc(C2(c3ccc4ccc(-c5nc(-c6ccc7ccc(C8(c9ccccc9)Nc9ccccc9N8)cc7c6)nc(-c6ccc7ccc(C8(c9ccccc9)Nc9ccccc9N8)cc7c6)n5)cc4c3)Nc3ccccc3N2)cc1. The molecule has 0 radical (unpaired) electrons. The Bertz CT molecular complexity index is 4070. The van der Waals surface area contributed by atoms with Crippen LogP contribution in [0.2, 0.25) is 0 Å². The Hall–Kier alpha value is -10.8. The lowest BCUT2D eigenvalue weighted by Gasteiger charge is -2.32. The van der Waals surface area contributed by atoms with E-state index < -0.39 is 17.0 Å². The molecule has 0 aliphatic carbocycles. The predicted molar refractivity (Wildman–Crippen MR) is 331 cm³/mol. The summed E-state index contributed by atoms with van der Waals surface area (Å²) in [6.07, 6.45) is 0. The van der Waals surface area contributed by atoms with Crippen LogP contribution in [0.25, 0.3) is 66.5 Å². The van der Waals surface area contributed by atoms with Crippen LogP contribution in [0.1, 0.15) is 33.4 Å². The second-order valence-electron chi connectivity index (χ2n) is 21.4. The molecule has 0 saturated carbocycles. The zero-order valence-electron chi connectivity index (χ0n) is 43.8. The minimum absolute atomic E-state index is 0.576. The summed E-state index contributed by atoms with van der Waals surface area (Å²) in [4.78, 5) is 16.2. The van der Waals surface area contributed by atoms with Gasteiger partial charge in [0, 0.05) is 50.1 Å². The van der Waals surface area contributed by atoms with Gasteiger partial charge in [-0.2, -0.15) is 0 Å². The Kier molecular flexibility index (Phi) is 10.4. The summed E-state index contributed by atoms with van der Waals surface area (Å²) in [6, 6.07) is 96.6. The summed E-state index contributed by atoms with van der Waals surface area (Å²) in [6.45, 7) is 0. The first-order valence-corrected chi connectivity index (χ1v) is 27.5. The number of nitrogens with one attached hydrogen (secondary N) is 6. The van der Waals surface area contributed by atoms with E-state index in [1.165, 1.54) is 0 Å². The molecule has 384 valence electrons. The zero-order valence-corrected chi connectivity index (χ0v) is 43.8. The van der Waals surface area contributed by atoms with E-state index in [9.17, 15) is 0 Å². The molecule has 9 heteroatoms. The van der Waals surface area contributed by atoms with Crippen LogP contribution in [0.5, 0.6) is 0 Å². The minimum Gasteiger partial charge on any atom is -0.354 e. The summed E-state index contributed by atoms with van der Waals surface area (Å²) in [5.74, 6) is 1.73. The predicted octanol–water partition coefficient (Wildman–Crippen LogP) is 16.5. The number of benzene rings is 12. The molecular formula is C72H51N9. The number of fused-ring (bicyclic) bond motifs is 6. The van der Waals surface area contributed by atoms with Crippen molar-refractivity contribution in [2.24, 2.45) is 0 Å². The average molecular weight is 1040 g/mol. The Morgan fingerprint density at radius 3 is 0.691 bits per heavy atom. The third-order valence-corrected chi connectivity index (χ3v) is 16.6. The van der Waals surface area contributed by atoms with Gasteiger partial charge in [-0.25, -0.2) is 15.0 Å². The molecule has 0 fully saturated rings. The molecule has 0 saturated heterocycles. The molecule has 12 aromatic carbocycles. The highest BCUT2D eigenvalue weighted by Crippen LogP contribution is 2.48. The summed E-state index contributed by atoms with van der Waals surface area (Å²) in [5, 5.41) is 29.8. The van der Waals surface area contributed by atoms with Gasteiger partial charge in [-0.15, -0.1) is 0 Å². The fraction of sp³-hybridized carbons (Fsp3) is 0.0417. The maximum absolute atomic E-state index is 5.39. The van der Waals surface area contributed by atoms with Crippen LogP contribution in [0, 0.1) is 0 Å². The lowest BCUT2D eigenvalue weighted by Crippen LogP contribution is -2.40. The monoisotopic (exact) mass is 1040 g/mol. The molecule has 9 nitrogen and oxygen atoms in total. The van der Waals surface area contributed by atoms with Gasteiger partial charge in [0.15, 0.2) is 34.5 Å². The smallest absolute Gasteiger partial charge is 0.164 e. The lowest BCUT2D eigenvalue weighted by atomic mass is 9.89. The summed E-state index contributed by atoms with van der Waals surface area (Å²) in [5.41, 5.74) is 13.4. The van der Waals surface area contributed by atoms with Crippen molar-refractivity contribution in [2.75, 3.05) is 31.9 Å². The van der Waals surface area contributed by atoms with Gasteiger partial charge < -0.3 is 31.9 Å². The van der Waals surface area contributed by atoms with Gasteiger partial charge >= 0.3 is 0 Å². The largest absolute Gasteiger partial charge is 0.354 e. The van der Waals surface area contributed by atoms with Crippen LogP contribution in [0.4, 0.5) is 34.1 Å². The molecule has 6 N–H and O–H groups in total. The first-order chi connectivity index (χ1) is 39.9. The standard InChI is InChI=1S/C72H51N9/c1-4-16-55(17-5-1)70(76-61-22-10-11-23-62(61)77-70)58-37-34-46-28-31-49(40-52(46)43-58)67-73-68(50-32-29-47-35-38-59(44-53(47)41-50)71(56-18-6-2-7-19-56)78-63-24-12-13-25-64(63)79-71)75-69(74-67)51-33-30-48-36-39-60(45-54(48)42-51)72(57-20-8-3-9-21-57)80-65-26-14-15-27-66(65)81-72/h1-45,76-81H. The third kappa shape index (κ3) is 7.65.